The molecule has 98 valence electrons. The molecule has 0 radical (unpaired) electrons. The van der Waals surface area contributed by atoms with Crippen LogP contribution in [0.2, 0.25) is 0 Å². The van der Waals surface area contributed by atoms with E-state index in [1.54, 1.807) is 6.07 Å². The normalized spacial score (nSPS) is 22.1. The molecule has 1 unspecified atom stereocenters. The van der Waals surface area contributed by atoms with Gasteiger partial charge in [0.25, 0.3) is 0 Å². The fourth-order valence-corrected chi connectivity index (χ4v) is 2.91. The van der Waals surface area contributed by atoms with Gasteiger partial charge in [0.2, 0.25) is 0 Å². The average molecular weight is 260 g/mol. The van der Waals surface area contributed by atoms with Crippen LogP contribution in [0.5, 0.6) is 0 Å². The number of rotatable bonds is 1. The van der Waals surface area contributed by atoms with Crippen LogP contribution in [0.1, 0.15) is 29.5 Å². The summed E-state index contributed by atoms with van der Waals surface area (Å²) in [4.78, 5) is 0. The minimum absolute atomic E-state index is 0.0275. The lowest BCUT2D eigenvalue weighted by Gasteiger charge is -2.35. The Morgan fingerprint density at radius 2 is 1.68 bits per heavy atom. The van der Waals surface area contributed by atoms with Crippen molar-refractivity contribution < 1.29 is 13.9 Å². The van der Waals surface area contributed by atoms with Gasteiger partial charge in [-0.05, 0) is 36.5 Å². The van der Waals surface area contributed by atoms with E-state index in [2.05, 4.69) is 0 Å². The van der Waals surface area contributed by atoms with Crippen LogP contribution in [0.15, 0.2) is 42.5 Å². The summed E-state index contributed by atoms with van der Waals surface area (Å²) in [5, 5.41) is 10.9. The zero-order valence-corrected chi connectivity index (χ0v) is 10.4. The van der Waals surface area contributed by atoms with Crippen molar-refractivity contribution in [3.05, 3.63) is 70.8 Å². The minimum atomic E-state index is -1.43. The maximum atomic E-state index is 14.0. The second kappa shape index (κ2) is 4.42. The smallest absolute Gasteiger partial charge is 0.165 e. The third kappa shape index (κ3) is 1.85. The van der Waals surface area contributed by atoms with Crippen molar-refractivity contribution in [1.29, 1.82) is 0 Å². The Bertz CT molecular complexity index is 624. The van der Waals surface area contributed by atoms with Gasteiger partial charge in [-0.2, -0.15) is 0 Å². The van der Waals surface area contributed by atoms with Gasteiger partial charge in [0.1, 0.15) is 5.60 Å². The molecule has 0 aliphatic heterocycles. The van der Waals surface area contributed by atoms with E-state index in [1.165, 1.54) is 12.1 Å². The highest BCUT2D eigenvalue weighted by molar-refractivity contribution is 5.43. The quantitative estimate of drug-likeness (QED) is 0.831. The second-order valence-electron chi connectivity index (χ2n) is 4.97. The molecule has 19 heavy (non-hydrogen) atoms. The Morgan fingerprint density at radius 1 is 0.947 bits per heavy atom. The average Bonchev–Trinajstić information content (AvgIpc) is 2.42. The van der Waals surface area contributed by atoms with E-state index in [4.69, 9.17) is 0 Å². The third-order valence-corrected chi connectivity index (χ3v) is 3.84. The molecule has 1 nitrogen and oxygen atoms in total. The topological polar surface area (TPSA) is 20.2 Å². The van der Waals surface area contributed by atoms with Gasteiger partial charge in [0.15, 0.2) is 11.6 Å². The minimum Gasteiger partial charge on any atom is -0.380 e. The summed E-state index contributed by atoms with van der Waals surface area (Å²) in [6.45, 7) is 0. The van der Waals surface area contributed by atoms with Crippen molar-refractivity contribution in [2.75, 3.05) is 0 Å². The van der Waals surface area contributed by atoms with E-state index >= 15 is 0 Å². The van der Waals surface area contributed by atoms with Crippen molar-refractivity contribution in [1.82, 2.24) is 0 Å². The van der Waals surface area contributed by atoms with Gasteiger partial charge in [-0.1, -0.05) is 36.4 Å². The summed E-state index contributed by atoms with van der Waals surface area (Å²) in [5.74, 6) is -1.88. The molecule has 3 heteroatoms. The van der Waals surface area contributed by atoms with Gasteiger partial charge in [0.05, 0.1) is 0 Å². The number of benzene rings is 2. The maximum absolute atomic E-state index is 14.0. The second-order valence-corrected chi connectivity index (χ2v) is 4.97. The van der Waals surface area contributed by atoms with Crippen LogP contribution in [-0.2, 0) is 12.0 Å². The predicted molar refractivity (Wildman–Crippen MR) is 68.7 cm³/mol. The summed E-state index contributed by atoms with van der Waals surface area (Å²) in [6.07, 6.45) is 2.02. The molecule has 0 fully saturated rings. The van der Waals surface area contributed by atoms with Crippen molar-refractivity contribution >= 4 is 0 Å². The van der Waals surface area contributed by atoms with E-state index in [0.717, 1.165) is 24.5 Å². The van der Waals surface area contributed by atoms with Crippen molar-refractivity contribution in [3.63, 3.8) is 0 Å². The molecule has 0 saturated carbocycles. The monoisotopic (exact) mass is 260 g/mol. The highest BCUT2D eigenvalue weighted by atomic mass is 19.2. The van der Waals surface area contributed by atoms with Crippen LogP contribution in [0.25, 0.3) is 0 Å². The summed E-state index contributed by atoms with van der Waals surface area (Å²) < 4.78 is 27.4. The van der Waals surface area contributed by atoms with Crippen LogP contribution in [0.3, 0.4) is 0 Å². The summed E-state index contributed by atoms with van der Waals surface area (Å²) in [5.41, 5.74) is 0.284. The van der Waals surface area contributed by atoms with Crippen LogP contribution in [0, 0.1) is 11.6 Å². The van der Waals surface area contributed by atoms with Gasteiger partial charge >= 0.3 is 0 Å². The van der Waals surface area contributed by atoms with Gasteiger partial charge in [-0.15, -0.1) is 0 Å². The first kappa shape index (κ1) is 12.3. The molecular weight excluding hydrogens is 246 g/mol. The van der Waals surface area contributed by atoms with E-state index in [-0.39, 0.29) is 5.56 Å². The summed E-state index contributed by atoms with van der Waals surface area (Å²) >= 11 is 0. The molecule has 1 atom stereocenters. The van der Waals surface area contributed by atoms with Crippen LogP contribution in [0.4, 0.5) is 8.78 Å². The standard InChI is InChI=1S/C16H14F2O/c17-14-9-3-8-13(15(14)18)16(19)10-4-6-11-5-1-2-7-12(11)16/h1-3,5,7-9,19H,4,6,10H2. The van der Waals surface area contributed by atoms with Gasteiger partial charge in [-0.3, -0.25) is 0 Å². The Morgan fingerprint density at radius 3 is 2.53 bits per heavy atom. The van der Waals surface area contributed by atoms with E-state index in [0.29, 0.717) is 12.0 Å². The lowest BCUT2D eigenvalue weighted by atomic mass is 9.75. The lowest BCUT2D eigenvalue weighted by molar-refractivity contribution is 0.0571. The van der Waals surface area contributed by atoms with Crippen LogP contribution in [-0.4, -0.2) is 5.11 Å². The molecule has 0 bridgehead atoms. The fraction of sp³-hybridized carbons (Fsp3) is 0.250. The molecule has 0 saturated heterocycles. The molecule has 0 heterocycles. The largest absolute Gasteiger partial charge is 0.380 e. The van der Waals surface area contributed by atoms with Crippen molar-refractivity contribution in [2.45, 2.75) is 24.9 Å². The third-order valence-electron chi connectivity index (χ3n) is 3.84. The van der Waals surface area contributed by atoms with E-state index in [9.17, 15) is 13.9 Å². The fourth-order valence-electron chi connectivity index (χ4n) is 2.91. The highest BCUT2D eigenvalue weighted by Crippen LogP contribution is 2.41. The molecule has 1 N–H and O–H groups in total. The maximum Gasteiger partial charge on any atom is 0.165 e. The Hall–Kier alpha value is -1.74. The molecule has 0 aromatic heterocycles. The number of aliphatic hydroxyl groups is 1. The lowest BCUT2D eigenvalue weighted by Crippen LogP contribution is -2.33. The summed E-state index contributed by atoms with van der Waals surface area (Å²) in [6, 6.07) is 11.4. The van der Waals surface area contributed by atoms with Crippen LogP contribution < -0.4 is 0 Å². The van der Waals surface area contributed by atoms with Crippen molar-refractivity contribution in [3.8, 4) is 0 Å². The molecule has 1 aliphatic carbocycles. The molecule has 0 spiro atoms. The molecule has 3 rings (SSSR count). The first-order valence-corrected chi connectivity index (χ1v) is 6.38. The summed E-state index contributed by atoms with van der Waals surface area (Å²) in [7, 11) is 0. The first-order valence-electron chi connectivity index (χ1n) is 6.38. The van der Waals surface area contributed by atoms with Crippen molar-refractivity contribution in [2.24, 2.45) is 0 Å². The van der Waals surface area contributed by atoms with E-state index < -0.39 is 17.2 Å². The SMILES string of the molecule is OC1(c2cccc(F)c2F)CCCc2ccccc21. The number of hydrogen-bond donors (Lipinski definition) is 1. The Kier molecular flexibility index (Phi) is 2.86. The number of fused-ring (bicyclic) bond motifs is 1. The number of hydrogen-bond acceptors (Lipinski definition) is 1. The van der Waals surface area contributed by atoms with Crippen LogP contribution >= 0.6 is 0 Å². The molecular formula is C16H14F2O. The Balaban J connectivity index is 2.22. The zero-order chi connectivity index (χ0) is 13.5. The highest BCUT2D eigenvalue weighted by Gasteiger charge is 2.38. The zero-order valence-electron chi connectivity index (χ0n) is 10.4. The molecule has 1 aliphatic rings. The van der Waals surface area contributed by atoms with Gasteiger partial charge < -0.3 is 5.11 Å². The number of halogens is 2. The van der Waals surface area contributed by atoms with E-state index in [1.807, 2.05) is 18.2 Å². The molecule has 2 aromatic rings. The van der Waals surface area contributed by atoms with Gasteiger partial charge in [-0.25, -0.2) is 8.78 Å². The molecule has 0 amide bonds. The molecule has 2 aromatic carbocycles. The Labute approximate surface area is 110 Å². The van der Waals surface area contributed by atoms with Gasteiger partial charge in [0, 0.05) is 5.56 Å². The predicted octanol–water partition coefficient (Wildman–Crippen LogP) is 3.54. The number of aryl methyl sites for hydroxylation is 1. The first-order chi connectivity index (χ1) is 9.13.